The van der Waals surface area contributed by atoms with Gasteiger partial charge in [-0.25, -0.2) is 0 Å². The maximum absolute atomic E-state index is 12.8. The zero-order valence-electron chi connectivity index (χ0n) is 21.7. The maximum Gasteiger partial charge on any atom is 0.255 e. The van der Waals surface area contributed by atoms with Gasteiger partial charge in [-0.1, -0.05) is 57.7 Å². The molecule has 1 atom stereocenters. The van der Waals surface area contributed by atoms with Gasteiger partial charge in [-0.3, -0.25) is 19.7 Å². The summed E-state index contributed by atoms with van der Waals surface area (Å²) < 4.78 is 0. The fraction of sp³-hybridized carbons (Fsp3) is 0.621. The lowest BCUT2D eigenvalue weighted by molar-refractivity contribution is -0.136. The highest BCUT2D eigenvalue weighted by Crippen LogP contribution is 2.28. The summed E-state index contributed by atoms with van der Waals surface area (Å²) >= 11 is 0. The number of rotatable bonds is 15. The molecular weight excluding hydrogens is 438 g/mol. The number of unbranched alkanes of at least 4 members (excludes halogenated alkanes) is 5. The largest absolute Gasteiger partial charge is 0.322 e. The minimum atomic E-state index is -0.548. The first-order valence-corrected chi connectivity index (χ1v) is 13.6. The quantitative estimate of drug-likeness (QED) is 0.209. The molecule has 0 radical (unpaired) electrons. The second-order valence-corrected chi connectivity index (χ2v) is 10.2. The molecule has 1 unspecified atom stereocenters. The van der Waals surface area contributed by atoms with Crippen molar-refractivity contribution < 1.29 is 14.4 Å². The van der Waals surface area contributed by atoms with Crippen molar-refractivity contribution in [1.82, 2.24) is 15.5 Å². The van der Waals surface area contributed by atoms with Gasteiger partial charge >= 0.3 is 0 Å². The lowest BCUT2D eigenvalue weighted by Crippen LogP contribution is -2.52. The van der Waals surface area contributed by atoms with Crippen LogP contribution in [-0.4, -0.2) is 40.7 Å². The first-order valence-electron chi connectivity index (χ1n) is 13.6. The molecule has 1 aromatic carbocycles. The van der Waals surface area contributed by atoms with Crippen molar-refractivity contribution in [2.45, 2.75) is 109 Å². The van der Waals surface area contributed by atoms with Crippen LogP contribution in [-0.2, 0) is 22.6 Å². The Morgan fingerprint density at radius 3 is 2.49 bits per heavy atom. The summed E-state index contributed by atoms with van der Waals surface area (Å²) in [4.78, 5) is 38.1. The maximum atomic E-state index is 12.8. The van der Waals surface area contributed by atoms with E-state index < -0.39 is 6.04 Å². The number of hydrogen-bond acceptors (Lipinski definition) is 4. The third-order valence-electron chi connectivity index (χ3n) is 7.87. The number of nitrogens with one attached hydrogen (secondary N) is 2. The molecule has 3 amide bonds. The molecule has 6 nitrogen and oxygen atoms in total. The normalized spacial score (nSPS) is 18.1. The van der Waals surface area contributed by atoms with Crippen molar-refractivity contribution in [3.05, 3.63) is 47.5 Å². The molecule has 2 heterocycles. The second-order valence-electron chi connectivity index (χ2n) is 10.2. The summed E-state index contributed by atoms with van der Waals surface area (Å²) in [7, 11) is 0. The van der Waals surface area contributed by atoms with Crippen LogP contribution in [0.15, 0.2) is 30.9 Å². The van der Waals surface area contributed by atoms with Gasteiger partial charge in [0.05, 0.1) is 0 Å². The van der Waals surface area contributed by atoms with Gasteiger partial charge in [-0.05, 0) is 68.7 Å². The highest BCUT2D eigenvalue weighted by atomic mass is 16.2. The van der Waals surface area contributed by atoms with Crippen LogP contribution in [0.1, 0.15) is 106 Å². The van der Waals surface area contributed by atoms with E-state index in [2.05, 4.69) is 37.1 Å². The molecule has 1 aromatic rings. The Labute approximate surface area is 210 Å². The van der Waals surface area contributed by atoms with Crippen LogP contribution in [0, 0.1) is 0 Å². The molecule has 192 valence electrons. The highest BCUT2D eigenvalue weighted by molar-refractivity contribution is 6.05. The first kappa shape index (κ1) is 27.1. The van der Waals surface area contributed by atoms with Gasteiger partial charge in [0.2, 0.25) is 11.8 Å². The van der Waals surface area contributed by atoms with E-state index in [0.717, 1.165) is 44.2 Å². The molecule has 0 saturated carbocycles. The van der Waals surface area contributed by atoms with Crippen LogP contribution in [0.5, 0.6) is 0 Å². The average molecular weight is 482 g/mol. The predicted octanol–water partition coefficient (Wildman–Crippen LogP) is 5.06. The van der Waals surface area contributed by atoms with Crippen LogP contribution in [0.25, 0.3) is 0 Å². The van der Waals surface area contributed by atoms with E-state index in [4.69, 9.17) is 0 Å². The summed E-state index contributed by atoms with van der Waals surface area (Å²) in [6.45, 7) is 9.96. The zero-order valence-corrected chi connectivity index (χ0v) is 21.7. The van der Waals surface area contributed by atoms with E-state index in [1.807, 2.05) is 18.2 Å². The Hall–Kier alpha value is -2.47. The molecule has 6 heteroatoms. The molecule has 2 aliphatic heterocycles. The average Bonchev–Trinajstić information content (AvgIpc) is 3.17. The van der Waals surface area contributed by atoms with E-state index >= 15 is 0 Å². The third kappa shape index (κ3) is 7.03. The molecular formula is C29H43N3O3. The minimum absolute atomic E-state index is 0.102. The van der Waals surface area contributed by atoms with E-state index in [9.17, 15) is 14.4 Å². The SMILES string of the molecule is C=CCC(CC)(CC)NCCCCCCCCc1ccc2c(c1)CN(C1CCC(=O)NC1=O)C2=O. The molecule has 2 aliphatic rings. The first-order chi connectivity index (χ1) is 16.9. The number of carbonyl (C=O) groups excluding carboxylic acids is 3. The fourth-order valence-corrected chi connectivity index (χ4v) is 5.44. The summed E-state index contributed by atoms with van der Waals surface area (Å²) in [6.07, 6.45) is 14.4. The number of nitrogens with zero attached hydrogens (tertiary/aromatic N) is 1. The van der Waals surface area contributed by atoms with Crippen molar-refractivity contribution >= 4 is 17.7 Å². The molecule has 0 bridgehead atoms. The van der Waals surface area contributed by atoms with Gasteiger partial charge < -0.3 is 10.2 Å². The van der Waals surface area contributed by atoms with E-state index in [1.165, 1.54) is 37.7 Å². The standard InChI is InChI=1S/C29H43N3O3/c1-4-18-29(5-2,6-3)30-19-12-10-8-7-9-11-13-22-14-15-24-23(20-22)21-32(28(24)35)25-16-17-26(33)31-27(25)34/h4,14-15,20,25,30H,1,5-13,16-19,21H2,2-3H3,(H,31,33,34). The van der Waals surface area contributed by atoms with Crippen molar-refractivity contribution in [3.63, 3.8) is 0 Å². The minimum Gasteiger partial charge on any atom is -0.322 e. The number of carbonyl (C=O) groups is 3. The molecule has 0 aromatic heterocycles. The number of amides is 3. The van der Waals surface area contributed by atoms with Crippen molar-refractivity contribution in [1.29, 1.82) is 0 Å². The Morgan fingerprint density at radius 1 is 1.09 bits per heavy atom. The summed E-state index contributed by atoms with van der Waals surface area (Å²) in [6, 6.07) is 5.54. The predicted molar refractivity (Wildman–Crippen MR) is 140 cm³/mol. The molecule has 0 aliphatic carbocycles. The monoisotopic (exact) mass is 481 g/mol. The van der Waals surface area contributed by atoms with Gasteiger partial charge in [0.15, 0.2) is 0 Å². The number of hydrogen-bond donors (Lipinski definition) is 2. The van der Waals surface area contributed by atoms with Crippen LogP contribution < -0.4 is 10.6 Å². The summed E-state index contributed by atoms with van der Waals surface area (Å²) in [5.74, 6) is -0.715. The van der Waals surface area contributed by atoms with Crippen molar-refractivity contribution in [2.75, 3.05) is 6.54 Å². The fourth-order valence-electron chi connectivity index (χ4n) is 5.44. The van der Waals surface area contributed by atoms with Gasteiger partial charge in [0.25, 0.3) is 5.91 Å². The molecule has 3 rings (SSSR count). The smallest absolute Gasteiger partial charge is 0.255 e. The number of aryl methyl sites for hydroxylation is 1. The topological polar surface area (TPSA) is 78.5 Å². The summed E-state index contributed by atoms with van der Waals surface area (Å²) in [5, 5.41) is 6.13. The lowest BCUT2D eigenvalue weighted by Gasteiger charge is -2.32. The molecule has 35 heavy (non-hydrogen) atoms. The van der Waals surface area contributed by atoms with Gasteiger partial charge in [-0.2, -0.15) is 0 Å². The van der Waals surface area contributed by atoms with Crippen LogP contribution in [0.4, 0.5) is 0 Å². The van der Waals surface area contributed by atoms with Crippen LogP contribution in [0.3, 0.4) is 0 Å². The van der Waals surface area contributed by atoms with Gasteiger partial charge in [0.1, 0.15) is 6.04 Å². The van der Waals surface area contributed by atoms with Crippen molar-refractivity contribution in [3.8, 4) is 0 Å². The zero-order chi connectivity index (χ0) is 25.3. The van der Waals surface area contributed by atoms with E-state index in [0.29, 0.717) is 18.5 Å². The second kappa shape index (κ2) is 13.0. The molecule has 1 saturated heterocycles. The lowest BCUT2D eigenvalue weighted by atomic mass is 9.89. The Balaban J connectivity index is 1.34. The van der Waals surface area contributed by atoms with Gasteiger partial charge in [0, 0.05) is 24.1 Å². The van der Waals surface area contributed by atoms with Gasteiger partial charge in [-0.15, -0.1) is 6.58 Å². The number of piperidine rings is 1. The third-order valence-corrected chi connectivity index (χ3v) is 7.87. The Bertz CT molecular complexity index is 906. The Kier molecular flexibility index (Phi) is 10.1. The van der Waals surface area contributed by atoms with Crippen LogP contribution in [0.2, 0.25) is 0 Å². The Morgan fingerprint density at radius 2 is 1.80 bits per heavy atom. The molecule has 0 spiro atoms. The van der Waals surface area contributed by atoms with Crippen LogP contribution >= 0.6 is 0 Å². The van der Waals surface area contributed by atoms with E-state index in [1.54, 1.807) is 4.90 Å². The number of imide groups is 1. The highest BCUT2D eigenvalue weighted by Gasteiger charge is 2.39. The molecule has 2 N–H and O–H groups in total. The van der Waals surface area contributed by atoms with Crippen molar-refractivity contribution in [2.24, 2.45) is 0 Å². The molecule has 1 fully saturated rings. The van der Waals surface area contributed by atoms with E-state index in [-0.39, 0.29) is 29.7 Å². The summed E-state index contributed by atoms with van der Waals surface area (Å²) in [5.41, 5.74) is 3.16. The number of benzene rings is 1. The number of fused-ring (bicyclic) bond motifs is 1.